The van der Waals surface area contributed by atoms with Gasteiger partial charge in [0.2, 0.25) is 5.91 Å². The molecule has 1 heterocycles. The predicted molar refractivity (Wildman–Crippen MR) is 74.3 cm³/mol. The van der Waals surface area contributed by atoms with Crippen molar-refractivity contribution < 1.29 is 14.4 Å². The molecule has 0 atom stereocenters. The van der Waals surface area contributed by atoms with Crippen LogP contribution >= 0.6 is 0 Å². The summed E-state index contributed by atoms with van der Waals surface area (Å²) >= 11 is 0. The fourth-order valence-corrected chi connectivity index (χ4v) is 2.23. The van der Waals surface area contributed by atoms with E-state index < -0.39 is 0 Å². The van der Waals surface area contributed by atoms with Gasteiger partial charge in [0.05, 0.1) is 11.1 Å². The molecule has 20 heavy (non-hydrogen) atoms. The van der Waals surface area contributed by atoms with Crippen molar-refractivity contribution in [3.8, 4) is 0 Å². The maximum Gasteiger partial charge on any atom is 0.261 e. The second kappa shape index (κ2) is 5.86. The van der Waals surface area contributed by atoms with Gasteiger partial charge < -0.3 is 5.32 Å². The van der Waals surface area contributed by atoms with Gasteiger partial charge >= 0.3 is 0 Å². The Bertz CT molecular complexity index is 517. The van der Waals surface area contributed by atoms with Gasteiger partial charge in [-0.3, -0.25) is 19.3 Å². The molecule has 1 aromatic carbocycles. The van der Waals surface area contributed by atoms with Crippen molar-refractivity contribution in [1.82, 2.24) is 10.2 Å². The molecule has 0 saturated carbocycles. The van der Waals surface area contributed by atoms with Crippen LogP contribution in [0.1, 0.15) is 47.4 Å². The van der Waals surface area contributed by atoms with Gasteiger partial charge in [-0.25, -0.2) is 0 Å². The molecule has 0 bridgehead atoms. The zero-order chi connectivity index (χ0) is 14.7. The van der Waals surface area contributed by atoms with Crippen LogP contribution in [0.5, 0.6) is 0 Å². The molecular formula is C15H18N2O3. The molecule has 0 fully saturated rings. The molecule has 2 rings (SSSR count). The fraction of sp³-hybridized carbons (Fsp3) is 0.400. The number of amides is 3. The molecule has 1 aliphatic rings. The first-order chi connectivity index (χ1) is 9.50. The van der Waals surface area contributed by atoms with E-state index in [1.807, 2.05) is 13.8 Å². The molecule has 5 heteroatoms. The summed E-state index contributed by atoms with van der Waals surface area (Å²) in [7, 11) is 0. The molecule has 1 aromatic rings. The molecule has 1 N–H and O–H groups in total. The molecule has 0 aromatic heterocycles. The first-order valence-electron chi connectivity index (χ1n) is 6.75. The number of carbonyl (C=O) groups excluding carboxylic acids is 3. The normalized spacial score (nSPS) is 13.8. The van der Waals surface area contributed by atoms with E-state index in [0.29, 0.717) is 24.0 Å². The van der Waals surface area contributed by atoms with Crippen LogP contribution in [0.3, 0.4) is 0 Å². The Morgan fingerprint density at radius 1 is 1.15 bits per heavy atom. The minimum Gasteiger partial charge on any atom is -0.354 e. The lowest BCUT2D eigenvalue weighted by Gasteiger charge is -2.14. The number of nitrogens with zero attached hydrogens (tertiary/aromatic N) is 1. The molecular weight excluding hydrogens is 256 g/mol. The van der Waals surface area contributed by atoms with Crippen LogP contribution in [0.4, 0.5) is 0 Å². The van der Waals surface area contributed by atoms with Crippen molar-refractivity contribution in [1.29, 1.82) is 0 Å². The lowest BCUT2D eigenvalue weighted by atomic mass is 10.1. The number of benzene rings is 1. The first kappa shape index (κ1) is 14.2. The molecule has 5 nitrogen and oxygen atoms in total. The van der Waals surface area contributed by atoms with E-state index in [0.717, 1.165) is 0 Å². The summed E-state index contributed by atoms with van der Waals surface area (Å²) in [5.41, 5.74) is 0.897. The first-order valence-corrected chi connectivity index (χ1v) is 6.75. The summed E-state index contributed by atoms with van der Waals surface area (Å²) in [6.45, 7) is 4.06. The third-order valence-electron chi connectivity index (χ3n) is 3.11. The van der Waals surface area contributed by atoms with E-state index in [1.54, 1.807) is 24.3 Å². The molecule has 0 saturated heterocycles. The van der Waals surface area contributed by atoms with Crippen molar-refractivity contribution in [2.45, 2.75) is 32.7 Å². The van der Waals surface area contributed by atoms with Gasteiger partial charge in [-0.15, -0.1) is 0 Å². The van der Waals surface area contributed by atoms with E-state index in [1.165, 1.54) is 4.90 Å². The standard InChI is InChI=1S/C15H18N2O3/c1-10(2)16-13(18)8-5-9-17-14(19)11-6-3-4-7-12(11)15(17)20/h3-4,6-7,10H,5,8-9H2,1-2H3,(H,16,18). The number of imide groups is 1. The number of rotatable bonds is 5. The van der Waals surface area contributed by atoms with Crippen molar-refractivity contribution in [2.24, 2.45) is 0 Å². The van der Waals surface area contributed by atoms with Gasteiger partial charge in [0.25, 0.3) is 11.8 Å². The second-order valence-corrected chi connectivity index (χ2v) is 5.13. The highest BCUT2D eigenvalue weighted by Crippen LogP contribution is 2.22. The number of fused-ring (bicyclic) bond motifs is 1. The van der Waals surface area contributed by atoms with Crippen LogP contribution in [-0.2, 0) is 4.79 Å². The Balaban J connectivity index is 1.91. The van der Waals surface area contributed by atoms with Crippen molar-refractivity contribution in [3.05, 3.63) is 35.4 Å². The van der Waals surface area contributed by atoms with E-state index in [9.17, 15) is 14.4 Å². The van der Waals surface area contributed by atoms with Gasteiger partial charge in [-0.2, -0.15) is 0 Å². The van der Waals surface area contributed by atoms with E-state index >= 15 is 0 Å². The number of nitrogens with one attached hydrogen (secondary N) is 1. The van der Waals surface area contributed by atoms with Gasteiger partial charge in [-0.05, 0) is 32.4 Å². The lowest BCUT2D eigenvalue weighted by Crippen LogP contribution is -2.33. The van der Waals surface area contributed by atoms with Crippen LogP contribution < -0.4 is 5.32 Å². The minimum absolute atomic E-state index is 0.0587. The van der Waals surface area contributed by atoms with Crippen LogP contribution in [0.25, 0.3) is 0 Å². The summed E-state index contributed by atoms with van der Waals surface area (Å²) in [4.78, 5) is 36.9. The summed E-state index contributed by atoms with van der Waals surface area (Å²) in [5.74, 6) is -0.596. The van der Waals surface area contributed by atoms with E-state index in [4.69, 9.17) is 0 Å². The van der Waals surface area contributed by atoms with Crippen molar-refractivity contribution in [2.75, 3.05) is 6.54 Å². The third-order valence-corrected chi connectivity index (χ3v) is 3.11. The highest BCUT2D eigenvalue weighted by molar-refractivity contribution is 6.21. The molecule has 3 amide bonds. The SMILES string of the molecule is CC(C)NC(=O)CCCN1C(=O)c2ccccc2C1=O. The maximum absolute atomic E-state index is 12.1. The average molecular weight is 274 g/mol. The van der Waals surface area contributed by atoms with Gasteiger partial charge in [0.1, 0.15) is 0 Å². The Hall–Kier alpha value is -2.17. The molecule has 106 valence electrons. The van der Waals surface area contributed by atoms with Crippen molar-refractivity contribution in [3.63, 3.8) is 0 Å². The Morgan fingerprint density at radius 3 is 2.20 bits per heavy atom. The number of hydrogen-bond acceptors (Lipinski definition) is 3. The highest BCUT2D eigenvalue weighted by atomic mass is 16.2. The van der Waals surface area contributed by atoms with Crippen LogP contribution in [0.2, 0.25) is 0 Å². The zero-order valence-corrected chi connectivity index (χ0v) is 11.7. The fourth-order valence-electron chi connectivity index (χ4n) is 2.23. The van der Waals surface area contributed by atoms with E-state index in [2.05, 4.69) is 5.32 Å². The molecule has 0 spiro atoms. The number of carbonyl (C=O) groups is 3. The molecule has 1 aliphatic heterocycles. The largest absolute Gasteiger partial charge is 0.354 e. The highest BCUT2D eigenvalue weighted by Gasteiger charge is 2.34. The molecule has 0 aliphatic carbocycles. The quantitative estimate of drug-likeness (QED) is 0.829. The summed E-state index contributed by atoms with van der Waals surface area (Å²) in [6, 6.07) is 6.89. The van der Waals surface area contributed by atoms with Crippen LogP contribution in [0, 0.1) is 0 Å². The van der Waals surface area contributed by atoms with Gasteiger partial charge in [0.15, 0.2) is 0 Å². The average Bonchev–Trinajstić information content (AvgIpc) is 2.63. The topological polar surface area (TPSA) is 66.5 Å². The zero-order valence-electron chi connectivity index (χ0n) is 11.7. The maximum atomic E-state index is 12.1. The summed E-state index contributed by atoms with van der Waals surface area (Å²) in [5, 5.41) is 2.78. The Labute approximate surface area is 118 Å². The van der Waals surface area contributed by atoms with Crippen LogP contribution in [-0.4, -0.2) is 35.2 Å². The van der Waals surface area contributed by atoms with Crippen molar-refractivity contribution >= 4 is 17.7 Å². The minimum atomic E-state index is -0.269. The third kappa shape index (κ3) is 2.87. The monoisotopic (exact) mass is 274 g/mol. The van der Waals surface area contributed by atoms with Gasteiger partial charge in [0, 0.05) is 19.0 Å². The Kier molecular flexibility index (Phi) is 4.17. The molecule has 0 unspecified atom stereocenters. The van der Waals surface area contributed by atoms with Gasteiger partial charge in [-0.1, -0.05) is 12.1 Å². The summed E-state index contributed by atoms with van der Waals surface area (Å²) < 4.78 is 0. The smallest absolute Gasteiger partial charge is 0.261 e. The lowest BCUT2D eigenvalue weighted by molar-refractivity contribution is -0.121. The Morgan fingerprint density at radius 2 is 1.70 bits per heavy atom. The molecule has 0 radical (unpaired) electrons. The van der Waals surface area contributed by atoms with E-state index in [-0.39, 0.29) is 30.3 Å². The van der Waals surface area contributed by atoms with Crippen LogP contribution in [0.15, 0.2) is 24.3 Å². The summed E-state index contributed by atoms with van der Waals surface area (Å²) in [6.07, 6.45) is 0.787. The predicted octanol–water partition coefficient (Wildman–Crippen LogP) is 1.59. The second-order valence-electron chi connectivity index (χ2n) is 5.13. The number of hydrogen-bond donors (Lipinski definition) is 1.